The summed E-state index contributed by atoms with van der Waals surface area (Å²) in [6.45, 7) is 1.82. The summed E-state index contributed by atoms with van der Waals surface area (Å²) in [4.78, 5) is 5.61. The number of hydrogen-bond acceptors (Lipinski definition) is 2. The van der Waals surface area contributed by atoms with Gasteiger partial charge in [-0.25, -0.2) is 0 Å². The van der Waals surface area contributed by atoms with Crippen LogP contribution in [-0.2, 0) is 13.0 Å². The van der Waals surface area contributed by atoms with Crippen molar-refractivity contribution >= 4 is 10.9 Å². The third-order valence-corrected chi connectivity index (χ3v) is 3.32. The Labute approximate surface area is 101 Å². The van der Waals surface area contributed by atoms with E-state index in [2.05, 4.69) is 42.3 Å². The van der Waals surface area contributed by atoms with Crippen LogP contribution in [0.25, 0.3) is 10.9 Å². The molecule has 1 N–H and O–H groups in total. The number of aryl methyl sites for hydroxylation is 1. The second kappa shape index (κ2) is 4.08. The van der Waals surface area contributed by atoms with E-state index < -0.39 is 0 Å². The Kier molecular flexibility index (Phi) is 2.56. The van der Waals surface area contributed by atoms with Gasteiger partial charge in [0.1, 0.15) is 5.75 Å². The lowest BCUT2D eigenvalue weighted by Gasteiger charge is -2.17. The maximum Gasteiger partial charge on any atom is 0.124 e. The van der Waals surface area contributed by atoms with E-state index in [1.165, 1.54) is 22.0 Å². The Balaban J connectivity index is 2.12. The molecule has 1 aliphatic rings. The first kappa shape index (κ1) is 10.7. The van der Waals surface area contributed by atoms with E-state index in [0.29, 0.717) is 0 Å². The number of benzene rings is 1. The van der Waals surface area contributed by atoms with Gasteiger partial charge in [0.15, 0.2) is 0 Å². The monoisotopic (exact) mass is 230 g/mol. The number of fused-ring (bicyclic) bond motifs is 3. The van der Waals surface area contributed by atoms with Crippen LogP contribution in [0.4, 0.5) is 0 Å². The van der Waals surface area contributed by atoms with Crippen molar-refractivity contribution in [3.05, 3.63) is 29.5 Å². The van der Waals surface area contributed by atoms with Crippen molar-refractivity contribution in [1.82, 2.24) is 9.88 Å². The molecule has 0 bridgehead atoms. The van der Waals surface area contributed by atoms with Crippen LogP contribution in [0, 0.1) is 0 Å². The summed E-state index contributed by atoms with van der Waals surface area (Å²) in [7, 11) is 4.20. The predicted octanol–water partition coefficient (Wildman–Crippen LogP) is 2.55. The molecule has 1 aromatic carbocycles. The lowest BCUT2D eigenvalue weighted by molar-refractivity contribution is 0.289. The molecule has 17 heavy (non-hydrogen) atoms. The molecule has 3 rings (SSSR count). The maximum absolute atomic E-state index is 5.69. The molecule has 2 heterocycles. The molecule has 3 nitrogen and oxygen atoms in total. The number of rotatable bonds is 2. The van der Waals surface area contributed by atoms with E-state index in [4.69, 9.17) is 4.74 Å². The Bertz CT molecular complexity index is 542. The number of hydrogen-bond donors (Lipinski definition) is 1. The maximum atomic E-state index is 5.69. The van der Waals surface area contributed by atoms with Gasteiger partial charge in [0.2, 0.25) is 0 Å². The highest BCUT2D eigenvalue weighted by Crippen LogP contribution is 2.33. The Morgan fingerprint density at radius 2 is 2.24 bits per heavy atom. The van der Waals surface area contributed by atoms with E-state index in [-0.39, 0.29) is 0 Å². The van der Waals surface area contributed by atoms with E-state index in [0.717, 1.165) is 31.7 Å². The number of nitrogens with one attached hydrogen (secondary N) is 1. The number of H-pyrrole nitrogens is 1. The first-order valence-corrected chi connectivity index (χ1v) is 6.15. The lowest BCUT2D eigenvalue weighted by Crippen LogP contribution is -2.10. The average molecular weight is 230 g/mol. The minimum absolute atomic E-state index is 0.851. The smallest absolute Gasteiger partial charge is 0.124 e. The normalized spacial score (nSPS) is 15.0. The number of ether oxygens (including phenoxy) is 1. The van der Waals surface area contributed by atoms with Crippen LogP contribution in [0.5, 0.6) is 5.75 Å². The fourth-order valence-corrected chi connectivity index (χ4v) is 2.58. The molecule has 0 amide bonds. The Hall–Kier alpha value is -1.48. The van der Waals surface area contributed by atoms with Crippen LogP contribution >= 0.6 is 0 Å². The van der Waals surface area contributed by atoms with Gasteiger partial charge in [0, 0.05) is 23.7 Å². The van der Waals surface area contributed by atoms with Gasteiger partial charge in [-0.1, -0.05) is 0 Å². The summed E-state index contributed by atoms with van der Waals surface area (Å²) in [6.07, 6.45) is 4.36. The highest BCUT2D eigenvalue weighted by molar-refractivity contribution is 5.88. The van der Waals surface area contributed by atoms with Crippen molar-refractivity contribution in [1.29, 1.82) is 0 Å². The van der Waals surface area contributed by atoms with Crippen molar-refractivity contribution in [3.8, 4) is 5.75 Å². The van der Waals surface area contributed by atoms with Crippen molar-refractivity contribution in [2.45, 2.75) is 19.4 Å². The second-order valence-electron chi connectivity index (χ2n) is 4.97. The van der Waals surface area contributed by atoms with Crippen molar-refractivity contribution in [3.63, 3.8) is 0 Å². The van der Waals surface area contributed by atoms with E-state index in [1.54, 1.807) is 0 Å². The third-order valence-electron chi connectivity index (χ3n) is 3.32. The van der Waals surface area contributed by atoms with Crippen LogP contribution in [0.15, 0.2) is 18.3 Å². The molecule has 0 saturated carbocycles. The van der Waals surface area contributed by atoms with Gasteiger partial charge in [-0.05, 0) is 44.6 Å². The summed E-state index contributed by atoms with van der Waals surface area (Å²) < 4.78 is 5.69. The quantitative estimate of drug-likeness (QED) is 0.858. The standard InChI is InChI=1S/C14H18N2O/c1-16(2)9-10-8-15-14-11(10)5-6-13-12(14)4-3-7-17-13/h5-6,8,15H,3-4,7,9H2,1-2H3. The Morgan fingerprint density at radius 1 is 1.35 bits per heavy atom. The molecular weight excluding hydrogens is 212 g/mol. The topological polar surface area (TPSA) is 28.3 Å². The average Bonchev–Trinajstić information content (AvgIpc) is 2.72. The van der Waals surface area contributed by atoms with Gasteiger partial charge in [-0.15, -0.1) is 0 Å². The largest absolute Gasteiger partial charge is 0.493 e. The first-order chi connectivity index (χ1) is 8.25. The van der Waals surface area contributed by atoms with Gasteiger partial charge in [0.05, 0.1) is 12.1 Å². The minimum Gasteiger partial charge on any atom is -0.493 e. The molecule has 3 heteroatoms. The van der Waals surface area contributed by atoms with Crippen molar-refractivity contribution in [2.24, 2.45) is 0 Å². The number of nitrogens with zero attached hydrogens (tertiary/aromatic N) is 1. The lowest BCUT2D eigenvalue weighted by atomic mass is 10.0. The van der Waals surface area contributed by atoms with Gasteiger partial charge in [-0.3, -0.25) is 0 Å². The van der Waals surface area contributed by atoms with E-state index >= 15 is 0 Å². The van der Waals surface area contributed by atoms with E-state index in [9.17, 15) is 0 Å². The molecule has 2 aromatic rings. The third kappa shape index (κ3) is 1.80. The molecule has 0 radical (unpaired) electrons. The molecular formula is C14H18N2O. The second-order valence-corrected chi connectivity index (χ2v) is 4.97. The Morgan fingerprint density at radius 3 is 3.06 bits per heavy atom. The number of aromatic amines is 1. The van der Waals surface area contributed by atoms with Crippen LogP contribution in [0.2, 0.25) is 0 Å². The fourth-order valence-electron chi connectivity index (χ4n) is 2.58. The minimum atomic E-state index is 0.851. The zero-order valence-electron chi connectivity index (χ0n) is 10.4. The molecule has 0 atom stereocenters. The molecule has 90 valence electrons. The van der Waals surface area contributed by atoms with Crippen molar-refractivity contribution < 1.29 is 4.74 Å². The molecule has 0 fully saturated rings. The van der Waals surface area contributed by atoms with Crippen LogP contribution in [0.3, 0.4) is 0 Å². The first-order valence-electron chi connectivity index (χ1n) is 6.15. The molecule has 1 aliphatic heterocycles. The summed E-state index contributed by atoms with van der Waals surface area (Å²) in [5.74, 6) is 1.06. The van der Waals surface area contributed by atoms with Crippen molar-refractivity contribution in [2.75, 3.05) is 20.7 Å². The van der Waals surface area contributed by atoms with Crippen LogP contribution in [0.1, 0.15) is 17.5 Å². The molecule has 0 unspecified atom stereocenters. The molecule has 1 aromatic heterocycles. The molecule has 0 aliphatic carbocycles. The molecule has 0 saturated heterocycles. The van der Waals surface area contributed by atoms with Gasteiger partial charge in [-0.2, -0.15) is 0 Å². The number of aromatic nitrogens is 1. The fraction of sp³-hybridized carbons (Fsp3) is 0.429. The zero-order chi connectivity index (χ0) is 11.8. The van der Waals surface area contributed by atoms with E-state index in [1.807, 2.05) is 0 Å². The summed E-state index contributed by atoms with van der Waals surface area (Å²) in [5, 5.41) is 1.34. The van der Waals surface area contributed by atoms with Gasteiger partial charge in [0.25, 0.3) is 0 Å². The highest BCUT2D eigenvalue weighted by Gasteiger charge is 2.16. The van der Waals surface area contributed by atoms with Crippen LogP contribution in [-0.4, -0.2) is 30.6 Å². The van der Waals surface area contributed by atoms with Crippen LogP contribution < -0.4 is 4.74 Å². The van der Waals surface area contributed by atoms with Gasteiger partial charge >= 0.3 is 0 Å². The zero-order valence-corrected chi connectivity index (χ0v) is 10.4. The molecule has 0 spiro atoms. The summed E-state index contributed by atoms with van der Waals surface area (Å²) >= 11 is 0. The SMILES string of the molecule is CN(C)Cc1c[nH]c2c3c(ccc12)OCCC3. The summed E-state index contributed by atoms with van der Waals surface area (Å²) in [6, 6.07) is 4.29. The summed E-state index contributed by atoms with van der Waals surface area (Å²) in [5.41, 5.74) is 3.97. The highest BCUT2D eigenvalue weighted by atomic mass is 16.5. The van der Waals surface area contributed by atoms with Gasteiger partial charge < -0.3 is 14.6 Å². The predicted molar refractivity (Wildman–Crippen MR) is 69.5 cm³/mol.